The molecule has 0 aromatic carbocycles. The summed E-state index contributed by atoms with van der Waals surface area (Å²) in [6, 6.07) is 4.46. The van der Waals surface area contributed by atoms with E-state index in [1.807, 2.05) is 6.07 Å². The summed E-state index contributed by atoms with van der Waals surface area (Å²) in [6.07, 6.45) is 11.1. The lowest BCUT2D eigenvalue weighted by Crippen LogP contribution is -2.46. The molecule has 1 amide bonds. The van der Waals surface area contributed by atoms with Gasteiger partial charge in [-0.1, -0.05) is 19.3 Å². The van der Waals surface area contributed by atoms with Crippen molar-refractivity contribution in [1.82, 2.24) is 20.4 Å². The molecule has 3 aliphatic rings. The molecule has 3 heterocycles. The van der Waals surface area contributed by atoms with E-state index in [0.717, 1.165) is 63.7 Å². The van der Waals surface area contributed by atoms with Gasteiger partial charge in [0.15, 0.2) is 5.96 Å². The number of hydrogen-bond donors (Lipinski definition) is 2. The molecule has 4 rings (SSSR count). The highest BCUT2D eigenvalue weighted by Gasteiger charge is 2.32. The Labute approximate surface area is 186 Å². The van der Waals surface area contributed by atoms with Crippen LogP contribution in [-0.4, -0.2) is 67.0 Å². The van der Waals surface area contributed by atoms with E-state index in [4.69, 9.17) is 9.41 Å². The zero-order chi connectivity index (χ0) is 21.5. The van der Waals surface area contributed by atoms with Crippen LogP contribution >= 0.6 is 0 Å². The molecule has 1 saturated carbocycles. The van der Waals surface area contributed by atoms with Crippen LogP contribution in [0.3, 0.4) is 0 Å². The van der Waals surface area contributed by atoms with Gasteiger partial charge in [0.2, 0.25) is 5.91 Å². The molecule has 0 bridgehead atoms. The molecule has 7 heteroatoms. The second kappa shape index (κ2) is 11.0. The highest BCUT2D eigenvalue weighted by molar-refractivity contribution is 5.81. The second-order valence-corrected chi connectivity index (χ2v) is 9.24. The minimum absolute atomic E-state index is 0.181. The van der Waals surface area contributed by atoms with Crippen molar-refractivity contribution in [2.75, 3.05) is 39.3 Å². The van der Waals surface area contributed by atoms with E-state index in [-0.39, 0.29) is 18.0 Å². The Morgan fingerprint density at radius 3 is 2.68 bits per heavy atom. The minimum atomic E-state index is 0.181. The minimum Gasteiger partial charge on any atom is -0.468 e. The maximum absolute atomic E-state index is 12.9. The van der Waals surface area contributed by atoms with Crippen molar-refractivity contribution in [1.29, 1.82) is 0 Å². The summed E-state index contributed by atoms with van der Waals surface area (Å²) < 4.78 is 5.74. The SMILES string of the molecule is CCNC(=NCC(c1ccco1)N1CCCC1)NC1CCN(C(=O)C2CCCCC2)C1. The molecule has 2 aliphatic heterocycles. The molecule has 0 radical (unpaired) electrons. The first-order valence-corrected chi connectivity index (χ1v) is 12.4. The van der Waals surface area contributed by atoms with Crippen LogP contribution in [0.5, 0.6) is 0 Å². The average molecular weight is 430 g/mol. The fourth-order valence-electron chi connectivity index (χ4n) is 5.30. The first-order valence-electron chi connectivity index (χ1n) is 12.4. The molecule has 2 N–H and O–H groups in total. The standard InChI is InChI=1S/C24H39N5O2/c1-2-25-24(26-17-21(22-11-8-16-31-22)28-13-6-7-14-28)27-20-12-15-29(18-20)23(30)19-9-4-3-5-10-19/h8,11,16,19-21H,2-7,9-10,12-15,17-18H2,1H3,(H2,25,26,27). The Bertz CT molecular complexity index is 708. The largest absolute Gasteiger partial charge is 0.468 e. The smallest absolute Gasteiger partial charge is 0.225 e. The number of hydrogen-bond acceptors (Lipinski definition) is 4. The highest BCUT2D eigenvalue weighted by atomic mass is 16.3. The molecular formula is C24H39N5O2. The zero-order valence-corrected chi connectivity index (χ0v) is 19.0. The van der Waals surface area contributed by atoms with E-state index >= 15 is 0 Å². The molecule has 7 nitrogen and oxygen atoms in total. The summed E-state index contributed by atoms with van der Waals surface area (Å²) in [4.78, 5) is 22.4. The molecule has 0 spiro atoms. The van der Waals surface area contributed by atoms with Crippen LogP contribution in [0.25, 0.3) is 0 Å². The molecule has 2 atom stereocenters. The van der Waals surface area contributed by atoms with Crippen LogP contribution in [0, 0.1) is 5.92 Å². The quantitative estimate of drug-likeness (QED) is 0.515. The number of aliphatic imine (C=N–C) groups is 1. The van der Waals surface area contributed by atoms with Gasteiger partial charge in [0.25, 0.3) is 0 Å². The third-order valence-corrected chi connectivity index (χ3v) is 7.01. The van der Waals surface area contributed by atoms with E-state index < -0.39 is 0 Å². The summed E-state index contributed by atoms with van der Waals surface area (Å²) in [5.74, 6) is 2.46. The summed E-state index contributed by atoms with van der Waals surface area (Å²) in [7, 11) is 0. The Hall–Kier alpha value is -2.02. The molecule has 2 unspecified atom stereocenters. The lowest BCUT2D eigenvalue weighted by molar-refractivity contribution is -0.135. The fraction of sp³-hybridized carbons (Fsp3) is 0.750. The molecule has 2 saturated heterocycles. The van der Waals surface area contributed by atoms with Crippen molar-refractivity contribution in [3.05, 3.63) is 24.2 Å². The number of carbonyl (C=O) groups is 1. The molecule has 1 aliphatic carbocycles. The molecule has 1 aromatic heterocycles. The number of rotatable bonds is 7. The van der Waals surface area contributed by atoms with Crippen molar-refractivity contribution in [3.63, 3.8) is 0 Å². The van der Waals surface area contributed by atoms with Gasteiger partial charge < -0.3 is 20.0 Å². The Morgan fingerprint density at radius 2 is 1.97 bits per heavy atom. The van der Waals surface area contributed by atoms with Crippen molar-refractivity contribution in [2.45, 2.75) is 70.4 Å². The molecule has 172 valence electrons. The Balaban J connectivity index is 1.34. The number of carbonyl (C=O) groups excluding carboxylic acids is 1. The monoisotopic (exact) mass is 429 g/mol. The van der Waals surface area contributed by atoms with E-state index in [2.05, 4.69) is 33.4 Å². The lowest BCUT2D eigenvalue weighted by Gasteiger charge is -2.27. The van der Waals surface area contributed by atoms with Gasteiger partial charge in [0.1, 0.15) is 5.76 Å². The molecule has 31 heavy (non-hydrogen) atoms. The number of likely N-dealkylation sites (tertiary alicyclic amines) is 2. The van der Waals surface area contributed by atoms with Crippen molar-refractivity contribution >= 4 is 11.9 Å². The van der Waals surface area contributed by atoms with Crippen molar-refractivity contribution in [3.8, 4) is 0 Å². The van der Waals surface area contributed by atoms with Crippen LogP contribution in [-0.2, 0) is 4.79 Å². The van der Waals surface area contributed by atoms with Gasteiger partial charge in [-0.05, 0) is 64.3 Å². The van der Waals surface area contributed by atoms with Gasteiger partial charge in [0, 0.05) is 31.6 Å². The normalized spacial score (nSPS) is 24.5. The predicted octanol–water partition coefficient (Wildman–Crippen LogP) is 3.15. The van der Waals surface area contributed by atoms with Gasteiger partial charge >= 0.3 is 0 Å². The summed E-state index contributed by atoms with van der Waals surface area (Å²) in [5.41, 5.74) is 0. The van der Waals surface area contributed by atoms with Crippen LogP contribution in [0.1, 0.15) is 70.1 Å². The average Bonchev–Trinajstić information content (AvgIpc) is 3.57. The van der Waals surface area contributed by atoms with Gasteiger partial charge in [-0.15, -0.1) is 0 Å². The number of nitrogens with one attached hydrogen (secondary N) is 2. The predicted molar refractivity (Wildman–Crippen MR) is 123 cm³/mol. The van der Waals surface area contributed by atoms with E-state index in [0.29, 0.717) is 12.5 Å². The van der Waals surface area contributed by atoms with Crippen LogP contribution in [0.4, 0.5) is 0 Å². The van der Waals surface area contributed by atoms with Crippen LogP contribution in [0.15, 0.2) is 27.8 Å². The van der Waals surface area contributed by atoms with Gasteiger partial charge in [-0.2, -0.15) is 0 Å². The third-order valence-electron chi connectivity index (χ3n) is 7.01. The maximum atomic E-state index is 12.9. The summed E-state index contributed by atoms with van der Waals surface area (Å²) in [6.45, 7) is 7.42. The lowest BCUT2D eigenvalue weighted by atomic mass is 9.88. The van der Waals surface area contributed by atoms with E-state index in [1.54, 1.807) is 6.26 Å². The third kappa shape index (κ3) is 5.82. The maximum Gasteiger partial charge on any atom is 0.225 e. The van der Waals surface area contributed by atoms with Crippen LogP contribution < -0.4 is 10.6 Å². The highest BCUT2D eigenvalue weighted by Crippen LogP contribution is 2.27. The number of furan rings is 1. The summed E-state index contributed by atoms with van der Waals surface area (Å²) in [5, 5.41) is 6.99. The Kier molecular flexibility index (Phi) is 7.89. The summed E-state index contributed by atoms with van der Waals surface area (Å²) >= 11 is 0. The number of guanidine groups is 1. The number of nitrogens with zero attached hydrogens (tertiary/aromatic N) is 3. The number of amides is 1. The molecule has 1 aromatic rings. The molecular weight excluding hydrogens is 390 g/mol. The van der Waals surface area contributed by atoms with Gasteiger partial charge in [0.05, 0.1) is 18.8 Å². The van der Waals surface area contributed by atoms with Crippen molar-refractivity contribution in [2.24, 2.45) is 10.9 Å². The zero-order valence-electron chi connectivity index (χ0n) is 19.0. The van der Waals surface area contributed by atoms with Gasteiger partial charge in [-0.25, -0.2) is 0 Å². The van der Waals surface area contributed by atoms with Crippen LogP contribution in [0.2, 0.25) is 0 Å². The van der Waals surface area contributed by atoms with Gasteiger partial charge in [-0.3, -0.25) is 14.7 Å². The first-order chi connectivity index (χ1) is 15.2. The van der Waals surface area contributed by atoms with Crippen molar-refractivity contribution < 1.29 is 9.21 Å². The topological polar surface area (TPSA) is 73.1 Å². The fourth-order valence-corrected chi connectivity index (χ4v) is 5.30. The van der Waals surface area contributed by atoms with E-state index in [9.17, 15) is 4.79 Å². The molecule has 3 fully saturated rings. The van der Waals surface area contributed by atoms with E-state index in [1.165, 1.54) is 32.1 Å². The second-order valence-electron chi connectivity index (χ2n) is 9.24. The Morgan fingerprint density at radius 1 is 1.16 bits per heavy atom. The first kappa shape index (κ1) is 22.2.